The number of carboxylic acids is 1. The van der Waals surface area contributed by atoms with E-state index in [2.05, 4.69) is 0 Å². The topological polar surface area (TPSA) is 101 Å². The fourth-order valence-corrected chi connectivity index (χ4v) is 2.25. The summed E-state index contributed by atoms with van der Waals surface area (Å²) in [5.41, 5.74) is 4.06. The number of aromatic carboxylic acids is 1. The molecule has 1 saturated heterocycles. The van der Waals surface area contributed by atoms with Crippen LogP contribution in [-0.2, 0) is 4.79 Å². The van der Waals surface area contributed by atoms with Crippen LogP contribution in [0.4, 0.5) is 8.78 Å². The number of likely N-dealkylation sites (tertiary alicyclic amines) is 1. The van der Waals surface area contributed by atoms with E-state index in [0.29, 0.717) is 18.6 Å². The normalized spacial score (nSPS) is 17.8. The summed E-state index contributed by atoms with van der Waals surface area (Å²) in [6.07, 6.45) is 0.354. The van der Waals surface area contributed by atoms with Crippen molar-refractivity contribution in [1.82, 2.24) is 4.90 Å². The van der Waals surface area contributed by atoms with Gasteiger partial charge in [0.25, 0.3) is 5.91 Å². The van der Waals surface area contributed by atoms with Gasteiger partial charge in [-0.15, -0.1) is 0 Å². The maximum absolute atomic E-state index is 13.3. The lowest BCUT2D eigenvalue weighted by molar-refractivity contribution is -0.121. The summed E-state index contributed by atoms with van der Waals surface area (Å²) in [7, 11) is 0. The number of primary amides is 1. The standard InChI is InChI=1S/C13H12F2N2O4/c14-9-3-7(8(13(20)21)4-10(9)15)12(19)17-2-1-6(5-17)11(16)18/h3-4,6H,1-2,5H2,(H2,16,18)(H,20,21). The minimum absolute atomic E-state index is 0.0339. The monoisotopic (exact) mass is 298 g/mol. The third-order valence-electron chi connectivity index (χ3n) is 3.40. The van der Waals surface area contributed by atoms with Gasteiger partial charge >= 0.3 is 5.97 Å². The first kappa shape index (κ1) is 14.9. The molecular formula is C13H12F2N2O4. The second-order valence-corrected chi connectivity index (χ2v) is 4.76. The van der Waals surface area contributed by atoms with Gasteiger partial charge in [-0.2, -0.15) is 0 Å². The molecule has 1 aliphatic heterocycles. The molecule has 1 unspecified atom stereocenters. The van der Waals surface area contributed by atoms with Crippen molar-refractivity contribution in [3.8, 4) is 0 Å². The Morgan fingerprint density at radius 2 is 1.76 bits per heavy atom. The van der Waals surface area contributed by atoms with Crippen molar-refractivity contribution >= 4 is 17.8 Å². The van der Waals surface area contributed by atoms with Gasteiger partial charge in [0.1, 0.15) is 0 Å². The number of nitrogens with two attached hydrogens (primary N) is 1. The molecule has 0 aromatic heterocycles. The van der Waals surface area contributed by atoms with Crippen LogP contribution in [0.15, 0.2) is 12.1 Å². The molecule has 0 saturated carbocycles. The van der Waals surface area contributed by atoms with Gasteiger partial charge in [-0.25, -0.2) is 13.6 Å². The number of amides is 2. The molecule has 8 heteroatoms. The van der Waals surface area contributed by atoms with E-state index in [1.165, 1.54) is 4.90 Å². The van der Waals surface area contributed by atoms with Gasteiger partial charge < -0.3 is 15.7 Å². The van der Waals surface area contributed by atoms with Crippen molar-refractivity contribution in [1.29, 1.82) is 0 Å². The van der Waals surface area contributed by atoms with E-state index in [0.717, 1.165) is 0 Å². The molecule has 0 bridgehead atoms. The molecule has 2 rings (SSSR count). The minimum atomic E-state index is -1.54. The lowest BCUT2D eigenvalue weighted by Crippen LogP contribution is -2.32. The highest BCUT2D eigenvalue weighted by Crippen LogP contribution is 2.22. The molecule has 0 spiro atoms. The molecule has 2 amide bonds. The van der Waals surface area contributed by atoms with Crippen LogP contribution in [0.2, 0.25) is 0 Å². The maximum atomic E-state index is 13.3. The molecular weight excluding hydrogens is 286 g/mol. The zero-order chi connectivity index (χ0) is 15.7. The Hall–Kier alpha value is -2.51. The third-order valence-corrected chi connectivity index (χ3v) is 3.40. The first-order valence-electron chi connectivity index (χ1n) is 6.12. The van der Waals surface area contributed by atoms with E-state index in [4.69, 9.17) is 10.8 Å². The van der Waals surface area contributed by atoms with Crippen LogP contribution in [0, 0.1) is 17.6 Å². The maximum Gasteiger partial charge on any atom is 0.336 e. The van der Waals surface area contributed by atoms with Crippen LogP contribution in [0.1, 0.15) is 27.1 Å². The van der Waals surface area contributed by atoms with E-state index >= 15 is 0 Å². The van der Waals surface area contributed by atoms with Gasteiger partial charge in [-0.05, 0) is 18.6 Å². The van der Waals surface area contributed by atoms with Crippen molar-refractivity contribution < 1.29 is 28.3 Å². The van der Waals surface area contributed by atoms with Crippen LogP contribution >= 0.6 is 0 Å². The average Bonchev–Trinajstić information content (AvgIpc) is 2.90. The summed E-state index contributed by atoms with van der Waals surface area (Å²) in [6, 6.07) is 1.02. The molecule has 3 N–H and O–H groups in total. The van der Waals surface area contributed by atoms with Crippen molar-refractivity contribution in [2.75, 3.05) is 13.1 Å². The number of hydrogen-bond donors (Lipinski definition) is 2. The highest BCUT2D eigenvalue weighted by molar-refractivity contribution is 6.05. The van der Waals surface area contributed by atoms with Gasteiger partial charge in [-0.3, -0.25) is 9.59 Å². The SMILES string of the molecule is NC(=O)C1CCN(C(=O)c2cc(F)c(F)cc2C(=O)O)C1. The molecule has 21 heavy (non-hydrogen) atoms. The molecule has 1 atom stereocenters. The number of carbonyl (C=O) groups is 3. The molecule has 1 aliphatic rings. The minimum Gasteiger partial charge on any atom is -0.478 e. The lowest BCUT2D eigenvalue weighted by atomic mass is 10.1. The fourth-order valence-electron chi connectivity index (χ4n) is 2.25. The van der Waals surface area contributed by atoms with E-state index < -0.39 is 46.5 Å². The predicted molar refractivity (Wildman–Crippen MR) is 66.5 cm³/mol. The zero-order valence-electron chi connectivity index (χ0n) is 10.8. The predicted octanol–water partition coefficient (Wildman–Crippen LogP) is 0.610. The number of benzene rings is 1. The number of nitrogens with zero attached hydrogens (tertiary/aromatic N) is 1. The Balaban J connectivity index is 2.33. The van der Waals surface area contributed by atoms with Crippen molar-refractivity contribution in [3.63, 3.8) is 0 Å². The first-order valence-corrected chi connectivity index (χ1v) is 6.12. The second-order valence-electron chi connectivity index (χ2n) is 4.76. The summed E-state index contributed by atoms with van der Waals surface area (Å²) in [5, 5.41) is 8.98. The highest BCUT2D eigenvalue weighted by Gasteiger charge is 2.32. The number of rotatable bonds is 3. The Kier molecular flexibility index (Phi) is 3.88. The number of halogens is 2. The number of carboxylic acid groups (broad SMARTS) is 1. The van der Waals surface area contributed by atoms with Crippen LogP contribution in [0.25, 0.3) is 0 Å². The van der Waals surface area contributed by atoms with Crippen LogP contribution in [0.3, 0.4) is 0 Å². The van der Waals surface area contributed by atoms with E-state index in [1.54, 1.807) is 0 Å². The Morgan fingerprint density at radius 1 is 1.19 bits per heavy atom. The van der Waals surface area contributed by atoms with Crippen molar-refractivity contribution in [2.24, 2.45) is 11.7 Å². The molecule has 6 nitrogen and oxygen atoms in total. The molecule has 1 aromatic carbocycles. The molecule has 1 fully saturated rings. The highest BCUT2D eigenvalue weighted by atomic mass is 19.2. The van der Waals surface area contributed by atoms with Gasteiger partial charge in [0, 0.05) is 13.1 Å². The molecule has 112 valence electrons. The summed E-state index contributed by atoms with van der Waals surface area (Å²) in [5.74, 6) is -6.05. The van der Waals surface area contributed by atoms with Crippen molar-refractivity contribution in [3.05, 3.63) is 34.9 Å². The Bertz CT molecular complexity index is 633. The van der Waals surface area contributed by atoms with Gasteiger partial charge in [0.15, 0.2) is 11.6 Å². The molecule has 0 aliphatic carbocycles. The average molecular weight is 298 g/mol. The van der Waals surface area contributed by atoms with Crippen LogP contribution < -0.4 is 5.73 Å². The number of hydrogen-bond acceptors (Lipinski definition) is 3. The van der Waals surface area contributed by atoms with Gasteiger partial charge in [0.2, 0.25) is 5.91 Å². The van der Waals surface area contributed by atoms with Crippen LogP contribution in [-0.4, -0.2) is 40.9 Å². The van der Waals surface area contributed by atoms with E-state index in [1.807, 2.05) is 0 Å². The summed E-state index contributed by atoms with van der Waals surface area (Å²) < 4.78 is 26.4. The van der Waals surface area contributed by atoms with E-state index in [-0.39, 0.29) is 13.1 Å². The summed E-state index contributed by atoms with van der Waals surface area (Å²) in [4.78, 5) is 35.5. The second kappa shape index (κ2) is 5.47. The quantitative estimate of drug-likeness (QED) is 0.853. The van der Waals surface area contributed by atoms with Crippen LogP contribution in [0.5, 0.6) is 0 Å². The van der Waals surface area contributed by atoms with Crippen molar-refractivity contribution in [2.45, 2.75) is 6.42 Å². The Morgan fingerprint density at radius 3 is 2.24 bits per heavy atom. The fraction of sp³-hybridized carbons (Fsp3) is 0.308. The van der Waals surface area contributed by atoms with Gasteiger partial charge in [-0.1, -0.05) is 0 Å². The third kappa shape index (κ3) is 2.83. The zero-order valence-corrected chi connectivity index (χ0v) is 10.8. The largest absolute Gasteiger partial charge is 0.478 e. The molecule has 1 heterocycles. The van der Waals surface area contributed by atoms with Gasteiger partial charge in [0.05, 0.1) is 17.0 Å². The Labute approximate surface area is 118 Å². The summed E-state index contributed by atoms with van der Waals surface area (Å²) >= 11 is 0. The van der Waals surface area contributed by atoms with E-state index in [9.17, 15) is 23.2 Å². The smallest absolute Gasteiger partial charge is 0.336 e. The summed E-state index contributed by atoms with van der Waals surface area (Å²) in [6.45, 7) is 0.233. The number of carbonyl (C=O) groups excluding carboxylic acids is 2. The lowest BCUT2D eigenvalue weighted by Gasteiger charge is -2.17. The molecule has 1 aromatic rings. The molecule has 0 radical (unpaired) electrons. The first-order chi connectivity index (χ1) is 9.81.